The number of hydrogen-bond donors (Lipinski definition) is 2. The van der Waals surface area contributed by atoms with Crippen LogP contribution in [0.5, 0.6) is 5.75 Å². The lowest BCUT2D eigenvalue weighted by molar-refractivity contribution is 0.305. The van der Waals surface area contributed by atoms with Gasteiger partial charge in [0.25, 0.3) is 0 Å². The van der Waals surface area contributed by atoms with E-state index in [4.69, 9.17) is 15.7 Å². The van der Waals surface area contributed by atoms with Gasteiger partial charge in [0.2, 0.25) is 0 Å². The van der Waals surface area contributed by atoms with Gasteiger partial charge in [0.05, 0.1) is 6.61 Å². The summed E-state index contributed by atoms with van der Waals surface area (Å²) in [5.41, 5.74) is 6.43. The number of benzene rings is 1. The molecule has 1 aromatic rings. The SMILES string of the molecule is Cc1cccc(OCC/C(N)=N\O)c1. The molecule has 0 aromatic heterocycles. The molecule has 0 saturated carbocycles. The van der Waals surface area contributed by atoms with Crippen LogP contribution in [0.25, 0.3) is 0 Å². The molecule has 0 bridgehead atoms. The van der Waals surface area contributed by atoms with E-state index in [1.54, 1.807) is 0 Å². The number of aryl methyl sites for hydroxylation is 1. The number of nitrogens with two attached hydrogens (primary N) is 1. The lowest BCUT2D eigenvalue weighted by Gasteiger charge is -2.05. The fourth-order valence-electron chi connectivity index (χ4n) is 1.03. The molecule has 14 heavy (non-hydrogen) atoms. The molecule has 1 rings (SSSR count). The molecule has 0 atom stereocenters. The Hall–Kier alpha value is -1.71. The Labute approximate surface area is 83.0 Å². The first-order valence-electron chi connectivity index (χ1n) is 4.38. The first-order valence-corrected chi connectivity index (χ1v) is 4.38. The van der Waals surface area contributed by atoms with E-state index in [9.17, 15) is 0 Å². The van der Waals surface area contributed by atoms with Crippen molar-refractivity contribution in [1.29, 1.82) is 0 Å². The maximum absolute atomic E-state index is 8.28. The zero-order chi connectivity index (χ0) is 10.4. The van der Waals surface area contributed by atoms with Gasteiger partial charge >= 0.3 is 0 Å². The van der Waals surface area contributed by atoms with Gasteiger partial charge in [0.15, 0.2) is 0 Å². The van der Waals surface area contributed by atoms with Crippen molar-refractivity contribution >= 4 is 5.84 Å². The molecule has 3 N–H and O–H groups in total. The van der Waals surface area contributed by atoms with E-state index in [1.165, 1.54) is 0 Å². The topological polar surface area (TPSA) is 67.8 Å². The molecule has 0 fully saturated rings. The first-order chi connectivity index (χ1) is 6.72. The van der Waals surface area contributed by atoms with Gasteiger partial charge in [-0.15, -0.1) is 0 Å². The van der Waals surface area contributed by atoms with Gasteiger partial charge < -0.3 is 15.7 Å². The Kier molecular flexibility index (Phi) is 3.79. The normalized spacial score (nSPS) is 11.4. The van der Waals surface area contributed by atoms with Gasteiger partial charge in [0.1, 0.15) is 11.6 Å². The van der Waals surface area contributed by atoms with Crippen LogP contribution in [-0.2, 0) is 0 Å². The molecule has 0 amide bonds. The highest BCUT2D eigenvalue weighted by Crippen LogP contribution is 2.12. The Morgan fingerprint density at radius 3 is 3.00 bits per heavy atom. The molecule has 0 aliphatic rings. The quantitative estimate of drug-likeness (QED) is 0.330. The third-order valence-corrected chi connectivity index (χ3v) is 1.74. The summed E-state index contributed by atoms with van der Waals surface area (Å²) in [4.78, 5) is 0. The second kappa shape index (κ2) is 5.11. The molecular weight excluding hydrogens is 180 g/mol. The fraction of sp³-hybridized carbons (Fsp3) is 0.300. The van der Waals surface area contributed by atoms with Crippen molar-refractivity contribution in [2.24, 2.45) is 10.9 Å². The number of ether oxygens (including phenoxy) is 1. The van der Waals surface area contributed by atoms with Crippen molar-refractivity contribution in [3.8, 4) is 5.75 Å². The second-order valence-electron chi connectivity index (χ2n) is 3.01. The molecule has 0 heterocycles. The van der Waals surface area contributed by atoms with E-state index in [-0.39, 0.29) is 5.84 Å². The minimum absolute atomic E-state index is 0.178. The van der Waals surface area contributed by atoms with Crippen LogP contribution in [0.3, 0.4) is 0 Å². The molecule has 1 aromatic carbocycles. The molecule has 0 unspecified atom stereocenters. The summed E-state index contributed by atoms with van der Waals surface area (Å²) in [6.45, 7) is 2.41. The van der Waals surface area contributed by atoms with E-state index in [2.05, 4.69) is 5.16 Å². The number of hydrogen-bond acceptors (Lipinski definition) is 3. The van der Waals surface area contributed by atoms with E-state index < -0.39 is 0 Å². The lowest BCUT2D eigenvalue weighted by atomic mass is 10.2. The minimum atomic E-state index is 0.178. The zero-order valence-corrected chi connectivity index (χ0v) is 8.10. The Bertz CT molecular complexity index is 324. The third kappa shape index (κ3) is 3.35. The van der Waals surface area contributed by atoms with Crippen LogP contribution in [0.2, 0.25) is 0 Å². The van der Waals surface area contributed by atoms with Crippen LogP contribution in [0.4, 0.5) is 0 Å². The van der Waals surface area contributed by atoms with E-state index >= 15 is 0 Å². The van der Waals surface area contributed by atoms with Crippen molar-refractivity contribution in [2.45, 2.75) is 13.3 Å². The maximum atomic E-state index is 8.28. The average molecular weight is 194 g/mol. The molecule has 0 saturated heterocycles. The summed E-state index contributed by atoms with van der Waals surface area (Å²) < 4.78 is 5.39. The summed E-state index contributed by atoms with van der Waals surface area (Å²) in [6, 6.07) is 7.73. The summed E-state index contributed by atoms with van der Waals surface area (Å²) in [7, 11) is 0. The van der Waals surface area contributed by atoms with Gasteiger partial charge in [-0.05, 0) is 24.6 Å². The monoisotopic (exact) mass is 194 g/mol. The van der Waals surface area contributed by atoms with Gasteiger partial charge in [-0.1, -0.05) is 17.3 Å². The molecule has 0 radical (unpaired) electrons. The van der Waals surface area contributed by atoms with Crippen LogP contribution in [-0.4, -0.2) is 17.6 Å². The van der Waals surface area contributed by atoms with Crippen LogP contribution in [0.1, 0.15) is 12.0 Å². The molecule has 76 valence electrons. The number of rotatable bonds is 4. The average Bonchev–Trinajstić information content (AvgIpc) is 2.17. The van der Waals surface area contributed by atoms with E-state index in [1.807, 2.05) is 31.2 Å². The van der Waals surface area contributed by atoms with E-state index in [0.717, 1.165) is 11.3 Å². The Morgan fingerprint density at radius 2 is 2.36 bits per heavy atom. The number of oxime groups is 1. The summed E-state index contributed by atoms with van der Waals surface area (Å²) >= 11 is 0. The van der Waals surface area contributed by atoms with Crippen LogP contribution >= 0.6 is 0 Å². The van der Waals surface area contributed by atoms with Crippen molar-refractivity contribution in [3.05, 3.63) is 29.8 Å². The van der Waals surface area contributed by atoms with Crippen molar-refractivity contribution < 1.29 is 9.94 Å². The predicted molar refractivity (Wildman–Crippen MR) is 54.7 cm³/mol. The highest BCUT2D eigenvalue weighted by Gasteiger charge is 1.96. The summed E-state index contributed by atoms with van der Waals surface area (Å²) in [5, 5.41) is 11.1. The summed E-state index contributed by atoms with van der Waals surface area (Å²) in [5.74, 6) is 0.980. The van der Waals surface area contributed by atoms with Gasteiger partial charge in [-0.25, -0.2) is 0 Å². The fourth-order valence-corrected chi connectivity index (χ4v) is 1.03. The van der Waals surface area contributed by atoms with Crippen LogP contribution < -0.4 is 10.5 Å². The van der Waals surface area contributed by atoms with Crippen LogP contribution in [0, 0.1) is 6.92 Å². The van der Waals surface area contributed by atoms with E-state index in [0.29, 0.717) is 13.0 Å². The first kappa shape index (κ1) is 10.4. The summed E-state index contributed by atoms with van der Waals surface area (Å²) in [6.07, 6.45) is 0.421. The smallest absolute Gasteiger partial charge is 0.142 e. The minimum Gasteiger partial charge on any atom is -0.493 e. The highest BCUT2D eigenvalue weighted by molar-refractivity contribution is 5.79. The van der Waals surface area contributed by atoms with Crippen molar-refractivity contribution in [3.63, 3.8) is 0 Å². The lowest BCUT2D eigenvalue weighted by Crippen LogP contribution is -2.15. The number of amidine groups is 1. The van der Waals surface area contributed by atoms with Gasteiger partial charge in [-0.3, -0.25) is 0 Å². The van der Waals surface area contributed by atoms with Crippen molar-refractivity contribution in [1.82, 2.24) is 0 Å². The molecular formula is C10H14N2O2. The third-order valence-electron chi connectivity index (χ3n) is 1.74. The molecule has 4 nitrogen and oxygen atoms in total. The standard InChI is InChI=1S/C10H14N2O2/c1-8-3-2-4-9(7-8)14-6-5-10(11)12-13/h2-4,7,13H,5-6H2,1H3,(H2,11,12). The van der Waals surface area contributed by atoms with Gasteiger partial charge in [0, 0.05) is 6.42 Å². The largest absolute Gasteiger partial charge is 0.493 e. The molecule has 0 aliphatic carbocycles. The molecule has 4 heteroatoms. The molecule has 0 spiro atoms. The highest BCUT2D eigenvalue weighted by atomic mass is 16.5. The van der Waals surface area contributed by atoms with Gasteiger partial charge in [-0.2, -0.15) is 0 Å². The second-order valence-corrected chi connectivity index (χ2v) is 3.01. The zero-order valence-electron chi connectivity index (χ0n) is 8.10. The van der Waals surface area contributed by atoms with Crippen molar-refractivity contribution in [2.75, 3.05) is 6.61 Å². The predicted octanol–water partition coefficient (Wildman–Crippen LogP) is 1.51. The molecule has 0 aliphatic heterocycles. The maximum Gasteiger partial charge on any atom is 0.142 e. The van der Waals surface area contributed by atoms with Crippen LogP contribution in [0.15, 0.2) is 29.4 Å². The Morgan fingerprint density at radius 1 is 1.57 bits per heavy atom. The number of nitrogens with zero attached hydrogens (tertiary/aromatic N) is 1. The Balaban J connectivity index is 2.39.